The summed E-state index contributed by atoms with van der Waals surface area (Å²) < 4.78 is 5.41. The van der Waals surface area contributed by atoms with Crippen LogP contribution in [0, 0.1) is 6.92 Å². The quantitative estimate of drug-likeness (QED) is 0.356. The van der Waals surface area contributed by atoms with Gasteiger partial charge in [0.05, 0.1) is 18.2 Å². The summed E-state index contributed by atoms with van der Waals surface area (Å²) in [5.74, 6) is -1.12. The van der Waals surface area contributed by atoms with Crippen LogP contribution in [-0.4, -0.2) is 71.8 Å². The van der Waals surface area contributed by atoms with E-state index in [0.717, 1.165) is 11.1 Å². The van der Waals surface area contributed by atoms with Crippen LogP contribution in [0.4, 0.5) is 0 Å². The van der Waals surface area contributed by atoms with Crippen LogP contribution in [0.5, 0.6) is 0 Å². The fourth-order valence-corrected chi connectivity index (χ4v) is 6.20. The van der Waals surface area contributed by atoms with E-state index in [0.29, 0.717) is 37.4 Å². The predicted octanol–water partition coefficient (Wildman–Crippen LogP) is 5.08. The molecule has 7 nitrogen and oxygen atoms in total. The van der Waals surface area contributed by atoms with Crippen LogP contribution in [0.1, 0.15) is 54.5 Å². The van der Waals surface area contributed by atoms with Gasteiger partial charge in [-0.2, -0.15) is 0 Å². The van der Waals surface area contributed by atoms with Gasteiger partial charge in [-0.1, -0.05) is 90.5 Å². The second-order valence-electron chi connectivity index (χ2n) is 11.0. The number of hydrogen-bond donors (Lipinski definition) is 0. The number of hydrogen-bond acceptors (Lipinski definition) is 5. The minimum Gasteiger partial charge on any atom is -0.463 e. The molecular weight excluding hydrogens is 526 g/mol. The third-order valence-electron chi connectivity index (χ3n) is 8.32. The molecule has 218 valence electrons. The molecule has 0 bridgehead atoms. The maximum atomic E-state index is 13.5. The van der Waals surface area contributed by atoms with Gasteiger partial charge < -0.3 is 14.5 Å². The molecule has 3 aromatic rings. The van der Waals surface area contributed by atoms with Crippen molar-refractivity contribution >= 4 is 17.8 Å². The van der Waals surface area contributed by atoms with Crippen LogP contribution >= 0.6 is 0 Å². The molecule has 0 spiro atoms. The molecule has 7 heteroatoms. The summed E-state index contributed by atoms with van der Waals surface area (Å²) in [6.07, 6.45) is 0.117. The normalized spacial score (nSPS) is 18.0. The van der Waals surface area contributed by atoms with Gasteiger partial charge in [0, 0.05) is 44.2 Å². The molecule has 2 aliphatic heterocycles. The molecule has 2 amide bonds. The zero-order chi connectivity index (χ0) is 29.6. The van der Waals surface area contributed by atoms with Crippen molar-refractivity contribution in [3.8, 4) is 0 Å². The number of aryl methyl sites for hydroxylation is 1. The Morgan fingerprint density at radius 2 is 1.48 bits per heavy atom. The Morgan fingerprint density at radius 1 is 0.857 bits per heavy atom. The van der Waals surface area contributed by atoms with Crippen molar-refractivity contribution in [3.63, 3.8) is 0 Å². The molecule has 0 aliphatic carbocycles. The molecule has 42 heavy (non-hydrogen) atoms. The van der Waals surface area contributed by atoms with Crippen LogP contribution < -0.4 is 0 Å². The van der Waals surface area contributed by atoms with Gasteiger partial charge in [-0.05, 0) is 37.5 Å². The number of esters is 1. The van der Waals surface area contributed by atoms with Crippen molar-refractivity contribution in [2.45, 2.75) is 39.2 Å². The van der Waals surface area contributed by atoms with E-state index in [1.165, 1.54) is 16.0 Å². The van der Waals surface area contributed by atoms with Crippen LogP contribution in [0.2, 0.25) is 0 Å². The predicted molar refractivity (Wildman–Crippen MR) is 162 cm³/mol. The number of piperazine rings is 1. The molecule has 3 aromatic carbocycles. The van der Waals surface area contributed by atoms with Gasteiger partial charge in [-0.15, -0.1) is 0 Å². The first kappa shape index (κ1) is 29.3. The number of ether oxygens (including phenoxy) is 1. The lowest BCUT2D eigenvalue weighted by molar-refractivity contribution is -0.143. The Bertz CT molecular complexity index is 1410. The minimum absolute atomic E-state index is 0.0884. The van der Waals surface area contributed by atoms with E-state index < -0.39 is 11.9 Å². The van der Waals surface area contributed by atoms with E-state index in [4.69, 9.17) is 4.74 Å². The van der Waals surface area contributed by atoms with Gasteiger partial charge in [0.1, 0.15) is 6.54 Å². The first-order valence-electron chi connectivity index (χ1n) is 14.7. The standard InChI is InChI=1S/C35H39N3O4/c1-4-42-35(41)33-26(3)38(31(39)23-30(33)29-17-11-12-25(2)22-29)24-32(40)36-18-20-37(21-19-36)34(27-13-7-5-8-14-27)28-15-9-6-10-16-28/h5-17,22,30,34H,4,18-21,23-24H2,1-3H3. The minimum atomic E-state index is -0.437. The summed E-state index contributed by atoms with van der Waals surface area (Å²) in [6, 6.07) is 28.9. The Balaban J connectivity index is 1.32. The number of nitrogens with zero attached hydrogens (tertiary/aromatic N) is 3. The first-order valence-corrected chi connectivity index (χ1v) is 14.7. The zero-order valence-electron chi connectivity index (χ0n) is 24.7. The number of amides is 2. The largest absolute Gasteiger partial charge is 0.463 e. The topological polar surface area (TPSA) is 70.2 Å². The molecule has 0 saturated carbocycles. The van der Waals surface area contributed by atoms with Crippen LogP contribution in [-0.2, 0) is 19.1 Å². The monoisotopic (exact) mass is 565 g/mol. The van der Waals surface area contributed by atoms with E-state index in [9.17, 15) is 14.4 Å². The molecule has 1 fully saturated rings. The highest BCUT2D eigenvalue weighted by Crippen LogP contribution is 2.37. The maximum absolute atomic E-state index is 13.5. The van der Waals surface area contributed by atoms with Crippen molar-refractivity contribution in [2.24, 2.45) is 0 Å². The number of carbonyl (C=O) groups is 3. The molecule has 5 rings (SSSR count). The highest BCUT2D eigenvalue weighted by molar-refractivity contribution is 5.97. The average Bonchev–Trinajstić information content (AvgIpc) is 3.00. The summed E-state index contributed by atoms with van der Waals surface area (Å²) in [5.41, 5.74) is 5.35. The third kappa shape index (κ3) is 6.31. The van der Waals surface area contributed by atoms with Crippen molar-refractivity contribution in [1.82, 2.24) is 14.7 Å². The number of rotatable bonds is 8. The van der Waals surface area contributed by atoms with Gasteiger partial charge in [-0.25, -0.2) is 4.79 Å². The third-order valence-corrected chi connectivity index (χ3v) is 8.32. The average molecular weight is 566 g/mol. The Morgan fingerprint density at radius 3 is 2.05 bits per heavy atom. The van der Waals surface area contributed by atoms with Crippen LogP contribution in [0.25, 0.3) is 0 Å². The Labute approximate surface area is 248 Å². The lowest BCUT2D eigenvalue weighted by atomic mass is 9.83. The molecule has 2 heterocycles. The Hall–Kier alpha value is -4.23. The smallest absolute Gasteiger partial charge is 0.336 e. The summed E-state index contributed by atoms with van der Waals surface area (Å²) in [6.45, 7) is 8.22. The van der Waals surface area contributed by atoms with Crippen molar-refractivity contribution in [3.05, 3.63) is 118 Å². The molecule has 1 atom stereocenters. The molecule has 1 unspecified atom stereocenters. The summed E-state index contributed by atoms with van der Waals surface area (Å²) in [4.78, 5) is 45.8. The van der Waals surface area contributed by atoms with Gasteiger partial charge in [-0.3, -0.25) is 14.5 Å². The fraction of sp³-hybridized carbons (Fsp3) is 0.343. The van der Waals surface area contributed by atoms with Crippen molar-refractivity contribution < 1.29 is 19.1 Å². The lowest BCUT2D eigenvalue weighted by Crippen LogP contribution is -2.53. The SMILES string of the molecule is CCOC(=O)C1=C(C)N(CC(=O)N2CCN(C(c3ccccc3)c3ccccc3)CC2)C(=O)CC1c1cccc(C)c1. The Kier molecular flexibility index (Phi) is 9.18. The highest BCUT2D eigenvalue weighted by Gasteiger charge is 2.38. The maximum Gasteiger partial charge on any atom is 0.336 e. The molecule has 0 aromatic heterocycles. The number of allylic oxidation sites excluding steroid dienone is 1. The van der Waals surface area contributed by atoms with Crippen LogP contribution in [0.15, 0.2) is 96.2 Å². The van der Waals surface area contributed by atoms with E-state index in [1.807, 2.05) is 48.2 Å². The van der Waals surface area contributed by atoms with Gasteiger partial charge in [0.25, 0.3) is 0 Å². The molecular formula is C35H39N3O4. The number of benzene rings is 3. The van der Waals surface area contributed by atoms with E-state index in [2.05, 4.69) is 53.4 Å². The van der Waals surface area contributed by atoms with E-state index in [1.54, 1.807) is 13.8 Å². The molecule has 0 N–H and O–H groups in total. The lowest BCUT2D eigenvalue weighted by Gasteiger charge is -2.41. The van der Waals surface area contributed by atoms with Gasteiger partial charge in [0.15, 0.2) is 0 Å². The van der Waals surface area contributed by atoms with Crippen LogP contribution in [0.3, 0.4) is 0 Å². The van der Waals surface area contributed by atoms with Crippen molar-refractivity contribution in [1.29, 1.82) is 0 Å². The summed E-state index contributed by atoms with van der Waals surface area (Å²) in [5, 5.41) is 0. The second kappa shape index (κ2) is 13.2. The molecule has 2 aliphatic rings. The van der Waals surface area contributed by atoms with Crippen molar-refractivity contribution in [2.75, 3.05) is 39.3 Å². The van der Waals surface area contributed by atoms with Gasteiger partial charge >= 0.3 is 5.97 Å². The summed E-state index contributed by atoms with van der Waals surface area (Å²) in [7, 11) is 0. The zero-order valence-corrected chi connectivity index (χ0v) is 24.7. The van der Waals surface area contributed by atoms with E-state index >= 15 is 0 Å². The second-order valence-corrected chi connectivity index (χ2v) is 11.0. The van der Waals surface area contributed by atoms with Gasteiger partial charge in [0.2, 0.25) is 11.8 Å². The summed E-state index contributed by atoms with van der Waals surface area (Å²) >= 11 is 0. The fourth-order valence-electron chi connectivity index (χ4n) is 6.20. The molecule has 1 saturated heterocycles. The highest BCUT2D eigenvalue weighted by atomic mass is 16.5. The van der Waals surface area contributed by atoms with E-state index in [-0.39, 0.29) is 37.4 Å². The first-order chi connectivity index (χ1) is 20.4. The molecule has 0 radical (unpaired) electrons. The number of carbonyl (C=O) groups excluding carboxylic acids is 3.